The molecule has 3 atom stereocenters. The zero-order chi connectivity index (χ0) is 17.8. The van der Waals surface area contributed by atoms with Crippen LogP contribution >= 0.6 is 0 Å². The van der Waals surface area contributed by atoms with Gasteiger partial charge in [0.25, 0.3) is 0 Å². The number of aryl methyl sites for hydroxylation is 1. The number of carbonyl (C=O) groups excluding carboxylic acids is 1. The first-order valence-electron chi connectivity index (χ1n) is 9.44. The summed E-state index contributed by atoms with van der Waals surface area (Å²) in [6, 6.07) is 8.42. The van der Waals surface area contributed by atoms with Gasteiger partial charge >= 0.3 is 0 Å². The minimum Gasteiger partial charge on any atom is -0.393 e. The molecule has 1 N–H and O–H groups in total. The maximum Gasteiger partial charge on any atom is 0.247 e. The highest BCUT2D eigenvalue weighted by molar-refractivity contribution is 5.95. The largest absolute Gasteiger partial charge is 0.393 e. The SMILES string of the molecule is CC/C(=C\C(=O)N1CCCC1C1COCCC1O)c1ccc(C)cc1. The Labute approximate surface area is 150 Å². The molecule has 2 aliphatic rings. The van der Waals surface area contributed by atoms with Crippen LogP contribution in [0.15, 0.2) is 30.3 Å². The first kappa shape index (κ1) is 18.2. The van der Waals surface area contributed by atoms with Crippen LogP contribution in [0.4, 0.5) is 0 Å². The van der Waals surface area contributed by atoms with E-state index in [4.69, 9.17) is 4.74 Å². The van der Waals surface area contributed by atoms with Crippen molar-refractivity contribution in [2.24, 2.45) is 5.92 Å². The van der Waals surface area contributed by atoms with Crippen molar-refractivity contribution >= 4 is 11.5 Å². The van der Waals surface area contributed by atoms with Gasteiger partial charge in [0.15, 0.2) is 0 Å². The standard InChI is InChI=1S/C21H29NO3/c1-3-16(17-8-6-15(2)7-9-17)13-21(24)22-11-4-5-19(22)18-14-25-12-10-20(18)23/h6-9,13,18-20,23H,3-5,10-12,14H2,1-2H3/b16-13+. The first-order valence-corrected chi connectivity index (χ1v) is 9.44. The van der Waals surface area contributed by atoms with E-state index in [-0.39, 0.29) is 24.0 Å². The molecule has 2 heterocycles. The molecule has 136 valence electrons. The fourth-order valence-corrected chi connectivity index (χ4v) is 4.02. The summed E-state index contributed by atoms with van der Waals surface area (Å²) in [6.45, 7) is 6.09. The Morgan fingerprint density at radius 2 is 2.08 bits per heavy atom. The van der Waals surface area contributed by atoms with Crippen molar-refractivity contribution < 1.29 is 14.6 Å². The molecule has 2 aliphatic heterocycles. The summed E-state index contributed by atoms with van der Waals surface area (Å²) in [5.41, 5.74) is 3.39. The van der Waals surface area contributed by atoms with E-state index in [1.54, 1.807) is 6.08 Å². The van der Waals surface area contributed by atoms with Crippen LogP contribution in [-0.2, 0) is 9.53 Å². The van der Waals surface area contributed by atoms with Crippen molar-refractivity contribution in [3.05, 3.63) is 41.5 Å². The average Bonchev–Trinajstić information content (AvgIpc) is 3.10. The van der Waals surface area contributed by atoms with Gasteiger partial charge in [-0.1, -0.05) is 36.8 Å². The number of ether oxygens (including phenoxy) is 1. The van der Waals surface area contributed by atoms with Crippen LogP contribution in [-0.4, -0.2) is 47.8 Å². The summed E-state index contributed by atoms with van der Waals surface area (Å²) in [7, 11) is 0. The van der Waals surface area contributed by atoms with E-state index in [0.29, 0.717) is 19.6 Å². The number of likely N-dealkylation sites (tertiary alicyclic amines) is 1. The molecule has 0 bridgehead atoms. The number of hydrogen-bond donors (Lipinski definition) is 1. The van der Waals surface area contributed by atoms with Gasteiger partial charge in [-0.3, -0.25) is 4.79 Å². The second-order valence-corrected chi connectivity index (χ2v) is 7.23. The Morgan fingerprint density at radius 3 is 2.76 bits per heavy atom. The van der Waals surface area contributed by atoms with Gasteiger partial charge in [-0.15, -0.1) is 0 Å². The Morgan fingerprint density at radius 1 is 1.32 bits per heavy atom. The van der Waals surface area contributed by atoms with Crippen LogP contribution in [0.1, 0.15) is 43.7 Å². The molecular formula is C21H29NO3. The fourth-order valence-electron chi connectivity index (χ4n) is 4.02. The number of rotatable bonds is 4. The second kappa shape index (κ2) is 8.15. The molecule has 1 amide bonds. The quantitative estimate of drug-likeness (QED) is 0.854. The second-order valence-electron chi connectivity index (χ2n) is 7.23. The number of allylic oxidation sites excluding steroid dienone is 1. The number of aliphatic hydroxyl groups excluding tert-OH is 1. The topological polar surface area (TPSA) is 49.8 Å². The Balaban J connectivity index is 1.77. The van der Waals surface area contributed by atoms with E-state index in [1.807, 2.05) is 4.90 Å². The number of aliphatic hydroxyl groups is 1. The van der Waals surface area contributed by atoms with Gasteiger partial charge in [0.1, 0.15) is 0 Å². The van der Waals surface area contributed by atoms with E-state index in [2.05, 4.69) is 38.1 Å². The maximum atomic E-state index is 12.9. The normalized spacial score (nSPS) is 27.6. The van der Waals surface area contributed by atoms with Gasteiger partial charge in [-0.2, -0.15) is 0 Å². The Bertz CT molecular complexity index is 623. The molecule has 4 heteroatoms. The van der Waals surface area contributed by atoms with Crippen molar-refractivity contribution in [2.45, 2.75) is 51.7 Å². The zero-order valence-corrected chi connectivity index (χ0v) is 15.3. The summed E-state index contributed by atoms with van der Waals surface area (Å²) in [6.07, 6.45) is 4.87. The summed E-state index contributed by atoms with van der Waals surface area (Å²) < 4.78 is 5.56. The third-order valence-corrected chi connectivity index (χ3v) is 5.54. The smallest absolute Gasteiger partial charge is 0.247 e. The van der Waals surface area contributed by atoms with Gasteiger partial charge in [0.2, 0.25) is 5.91 Å². The van der Waals surface area contributed by atoms with Crippen LogP contribution in [0.25, 0.3) is 5.57 Å². The summed E-state index contributed by atoms with van der Waals surface area (Å²) in [5, 5.41) is 10.3. The van der Waals surface area contributed by atoms with Crippen molar-refractivity contribution in [3.8, 4) is 0 Å². The predicted molar refractivity (Wildman–Crippen MR) is 99.1 cm³/mol. The minimum absolute atomic E-state index is 0.0399. The first-order chi connectivity index (χ1) is 12.1. The van der Waals surface area contributed by atoms with Crippen molar-refractivity contribution in [1.29, 1.82) is 0 Å². The van der Waals surface area contributed by atoms with E-state index in [0.717, 1.165) is 36.9 Å². The molecule has 3 rings (SSSR count). The number of benzene rings is 1. The average molecular weight is 343 g/mol. The van der Waals surface area contributed by atoms with Crippen molar-refractivity contribution in [3.63, 3.8) is 0 Å². The lowest BCUT2D eigenvalue weighted by Crippen LogP contribution is -2.47. The number of nitrogens with zero attached hydrogens (tertiary/aromatic N) is 1. The number of carbonyl (C=O) groups is 1. The molecule has 0 saturated carbocycles. The third-order valence-electron chi connectivity index (χ3n) is 5.54. The molecule has 0 spiro atoms. The lowest BCUT2D eigenvalue weighted by Gasteiger charge is -2.36. The van der Waals surface area contributed by atoms with Crippen LogP contribution in [0.2, 0.25) is 0 Å². The maximum absolute atomic E-state index is 12.9. The summed E-state index contributed by atoms with van der Waals surface area (Å²) in [4.78, 5) is 14.9. The molecule has 0 radical (unpaired) electrons. The van der Waals surface area contributed by atoms with Crippen LogP contribution in [0, 0.1) is 12.8 Å². The highest BCUT2D eigenvalue weighted by Crippen LogP contribution is 2.30. The van der Waals surface area contributed by atoms with Gasteiger partial charge in [0, 0.05) is 31.2 Å². The molecule has 4 nitrogen and oxygen atoms in total. The molecule has 0 aromatic heterocycles. The number of hydrogen-bond acceptors (Lipinski definition) is 3. The van der Waals surface area contributed by atoms with E-state index < -0.39 is 0 Å². The van der Waals surface area contributed by atoms with Crippen LogP contribution < -0.4 is 0 Å². The third kappa shape index (κ3) is 4.13. The van der Waals surface area contributed by atoms with Gasteiger partial charge < -0.3 is 14.7 Å². The van der Waals surface area contributed by atoms with E-state index >= 15 is 0 Å². The minimum atomic E-state index is -0.362. The van der Waals surface area contributed by atoms with Crippen molar-refractivity contribution in [1.82, 2.24) is 4.90 Å². The predicted octanol–water partition coefficient (Wildman–Crippen LogP) is 3.18. The molecule has 0 aliphatic carbocycles. The zero-order valence-electron chi connectivity index (χ0n) is 15.3. The highest BCUT2D eigenvalue weighted by atomic mass is 16.5. The van der Waals surface area contributed by atoms with Crippen LogP contribution in [0.5, 0.6) is 0 Å². The Kier molecular flexibility index (Phi) is 5.92. The lowest BCUT2D eigenvalue weighted by molar-refractivity contribution is -0.131. The molecule has 3 unspecified atom stereocenters. The molecule has 1 aromatic carbocycles. The molecule has 2 fully saturated rings. The molecule has 25 heavy (non-hydrogen) atoms. The van der Waals surface area contributed by atoms with Crippen LogP contribution in [0.3, 0.4) is 0 Å². The van der Waals surface area contributed by atoms with Gasteiger partial charge in [-0.25, -0.2) is 0 Å². The Hall–Kier alpha value is -1.65. The summed E-state index contributed by atoms with van der Waals surface area (Å²) >= 11 is 0. The number of amides is 1. The molecule has 2 saturated heterocycles. The lowest BCUT2D eigenvalue weighted by atomic mass is 9.89. The van der Waals surface area contributed by atoms with Crippen molar-refractivity contribution in [2.75, 3.05) is 19.8 Å². The molecule has 1 aromatic rings. The molecular weight excluding hydrogens is 314 g/mol. The summed E-state index contributed by atoms with van der Waals surface area (Å²) in [5.74, 6) is 0.107. The van der Waals surface area contributed by atoms with E-state index in [1.165, 1.54) is 5.56 Å². The monoisotopic (exact) mass is 343 g/mol. The van der Waals surface area contributed by atoms with E-state index in [9.17, 15) is 9.90 Å². The van der Waals surface area contributed by atoms with Gasteiger partial charge in [0.05, 0.1) is 12.7 Å². The fraction of sp³-hybridized carbons (Fsp3) is 0.571. The highest BCUT2D eigenvalue weighted by Gasteiger charge is 2.39. The van der Waals surface area contributed by atoms with Gasteiger partial charge in [-0.05, 0) is 43.7 Å².